The van der Waals surface area contributed by atoms with Crippen molar-refractivity contribution in [1.82, 2.24) is 0 Å². The lowest BCUT2D eigenvalue weighted by Crippen LogP contribution is -2.41. The van der Waals surface area contributed by atoms with Crippen LogP contribution in [-0.4, -0.2) is 18.3 Å². The topological polar surface area (TPSA) is 18.5 Å². The van der Waals surface area contributed by atoms with E-state index in [1.165, 1.54) is 43.8 Å². The molecule has 0 radical (unpaired) electrons. The van der Waals surface area contributed by atoms with Gasteiger partial charge in [0.15, 0.2) is 0 Å². The van der Waals surface area contributed by atoms with Gasteiger partial charge in [0.25, 0.3) is 0 Å². The summed E-state index contributed by atoms with van der Waals surface area (Å²) in [4.78, 5) is 0. The molecular weight excluding hydrogens is 427 g/mol. The van der Waals surface area contributed by atoms with Gasteiger partial charge in [-0.3, -0.25) is 0 Å². The van der Waals surface area contributed by atoms with Crippen molar-refractivity contribution in [2.75, 3.05) is 0 Å². The van der Waals surface area contributed by atoms with Gasteiger partial charge in [0.05, 0.1) is 11.2 Å². The molecule has 6 rings (SSSR count). The van der Waals surface area contributed by atoms with Gasteiger partial charge in [0.2, 0.25) is 0 Å². The number of hydrogen-bond acceptors (Lipinski definition) is 2. The minimum absolute atomic E-state index is 0.333. The zero-order valence-electron chi connectivity index (χ0n) is 20.7. The standard InChI is InChI=1S/C32H29BO2/c1-31(2)32(3,4)35-33(34-31)30-17-15-23(16-18-30)25-11-12-28-21-29(14-13-27(28)20-25)26-10-9-22-7-5-6-8-24(22)19-26/h5-21H,1-4H3. The van der Waals surface area contributed by atoms with Gasteiger partial charge in [-0.25, -0.2) is 0 Å². The Balaban J connectivity index is 1.27. The molecule has 0 aromatic heterocycles. The first-order valence-corrected chi connectivity index (χ1v) is 12.3. The van der Waals surface area contributed by atoms with Crippen molar-refractivity contribution in [1.29, 1.82) is 0 Å². The first-order chi connectivity index (χ1) is 16.8. The van der Waals surface area contributed by atoms with E-state index >= 15 is 0 Å². The van der Waals surface area contributed by atoms with E-state index in [9.17, 15) is 0 Å². The molecule has 1 heterocycles. The maximum Gasteiger partial charge on any atom is 0.494 e. The van der Waals surface area contributed by atoms with Crippen molar-refractivity contribution >= 4 is 34.1 Å². The van der Waals surface area contributed by atoms with E-state index < -0.39 is 0 Å². The average Bonchev–Trinajstić information content (AvgIpc) is 3.09. The molecule has 0 unspecified atom stereocenters. The predicted octanol–water partition coefficient (Wildman–Crippen LogP) is 7.63. The lowest BCUT2D eigenvalue weighted by molar-refractivity contribution is 0.00578. The Morgan fingerprint density at radius 1 is 0.457 bits per heavy atom. The van der Waals surface area contributed by atoms with Gasteiger partial charge in [-0.2, -0.15) is 0 Å². The molecule has 2 nitrogen and oxygen atoms in total. The molecule has 172 valence electrons. The van der Waals surface area contributed by atoms with Gasteiger partial charge >= 0.3 is 7.12 Å². The van der Waals surface area contributed by atoms with Gasteiger partial charge in [-0.05, 0) is 95.2 Å². The van der Waals surface area contributed by atoms with Crippen molar-refractivity contribution in [3.8, 4) is 22.3 Å². The highest BCUT2D eigenvalue weighted by atomic mass is 16.7. The summed E-state index contributed by atoms with van der Waals surface area (Å²) < 4.78 is 12.4. The predicted molar refractivity (Wildman–Crippen MR) is 148 cm³/mol. The minimum atomic E-state index is -0.334. The van der Waals surface area contributed by atoms with E-state index in [0.29, 0.717) is 0 Å². The van der Waals surface area contributed by atoms with Gasteiger partial charge in [-0.15, -0.1) is 0 Å². The maximum absolute atomic E-state index is 6.20. The summed E-state index contributed by atoms with van der Waals surface area (Å²) in [5, 5.41) is 5.02. The van der Waals surface area contributed by atoms with Crippen LogP contribution in [0.3, 0.4) is 0 Å². The minimum Gasteiger partial charge on any atom is -0.399 e. The third-order valence-corrected chi connectivity index (χ3v) is 7.69. The normalized spacial score (nSPS) is 16.7. The summed E-state index contributed by atoms with van der Waals surface area (Å²) in [6.07, 6.45) is 0. The van der Waals surface area contributed by atoms with Crippen LogP contribution in [0, 0.1) is 0 Å². The van der Waals surface area contributed by atoms with E-state index in [1.54, 1.807) is 0 Å². The van der Waals surface area contributed by atoms with Crippen LogP contribution in [0.4, 0.5) is 0 Å². The van der Waals surface area contributed by atoms with Crippen LogP contribution >= 0.6 is 0 Å². The number of rotatable bonds is 3. The Hall–Kier alpha value is -3.40. The highest BCUT2D eigenvalue weighted by Gasteiger charge is 2.51. The molecule has 0 aliphatic carbocycles. The fourth-order valence-electron chi connectivity index (χ4n) is 4.79. The van der Waals surface area contributed by atoms with Crippen molar-refractivity contribution in [2.45, 2.75) is 38.9 Å². The summed E-state index contributed by atoms with van der Waals surface area (Å²) in [7, 11) is -0.334. The second-order valence-electron chi connectivity index (χ2n) is 10.5. The number of benzene rings is 5. The van der Waals surface area contributed by atoms with Crippen molar-refractivity contribution in [3.63, 3.8) is 0 Å². The van der Waals surface area contributed by atoms with Crippen LogP contribution < -0.4 is 5.46 Å². The second kappa shape index (κ2) is 8.08. The van der Waals surface area contributed by atoms with Crippen molar-refractivity contribution in [3.05, 3.63) is 103 Å². The van der Waals surface area contributed by atoms with Crippen LogP contribution in [-0.2, 0) is 9.31 Å². The lowest BCUT2D eigenvalue weighted by atomic mass is 9.78. The smallest absolute Gasteiger partial charge is 0.399 e. The molecule has 5 aromatic rings. The Morgan fingerprint density at radius 2 is 0.857 bits per heavy atom. The quantitative estimate of drug-likeness (QED) is 0.260. The third-order valence-electron chi connectivity index (χ3n) is 7.69. The molecule has 0 saturated carbocycles. The first kappa shape index (κ1) is 22.1. The Kier molecular flexibility index (Phi) is 5.10. The molecule has 0 bridgehead atoms. The second-order valence-corrected chi connectivity index (χ2v) is 10.5. The molecule has 3 heteroatoms. The van der Waals surface area contributed by atoms with Crippen LogP contribution in [0.15, 0.2) is 103 Å². The van der Waals surface area contributed by atoms with Crippen molar-refractivity contribution < 1.29 is 9.31 Å². The highest BCUT2D eigenvalue weighted by molar-refractivity contribution is 6.62. The molecule has 0 N–H and O–H groups in total. The van der Waals surface area contributed by atoms with Crippen LogP contribution in [0.2, 0.25) is 0 Å². The van der Waals surface area contributed by atoms with Crippen LogP contribution in [0.25, 0.3) is 43.8 Å². The Morgan fingerprint density at radius 3 is 1.40 bits per heavy atom. The van der Waals surface area contributed by atoms with E-state index in [4.69, 9.17) is 9.31 Å². The fraction of sp³-hybridized carbons (Fsp3) is 0.188. The molecule has 1 aliphatic rings. The molecule has 0 spiro atoms. The molecule has 35 heavy (non-hydrogen) atoms. The highest BCUT2D eigenvalue weighted by Crippen LogP contribution is 2.36. The summed E-state index contributed by atoms with van der Waals surface area (Å²) in [5.41, 5.74) is 5.26. The Labute approximate surface area is 207 Å². The van der Waals surface area contributed by atoms with Gasteiger partial charge in [0.1, 0.15) is 0 Å². The molecule has 5 aromatic carbocycles. The first-order valence-electron chi connectivity index (χ1n) is 12.3. The fourth-order valence-corrected chi connectivity index (χ4v) is 4.79. The number of hydrogen-bond donors (Lipinski definition) is 0. The SMILES string of the molecule is CC1(C)OB(c2ccc(-c3ccc4cc(-c5ccc6ccccc6c5)ccc4c3)cc2)OC1(C)C. The molecule has 1 aliphatic heterocycles. The zero-order chi connectivity index (χ0) is 24.2. The molecule has 1 saturated heterocycles. The van der Waals surface area contributed by atoms with Gasteiger partial charge in [-0.1, -0.05) is 84.9 Å². The monoisotopic (exact) mass is 456 g/mol. The summed E-state index contributed by atoms with van der Waals surface area (Å²) >= 11 is 0. The Bertz CT molecular complexity index is 1530. The molecule has 1 fully saturated rings. The van der Waals surface area contributed by atoms with Gasteiger partial charge in [0, 0.05) is 0 Å². The average molecular weight is 456 g/mol. The molecule has 0 amide bonds. The lowest BCUT2D eigenvalue weighted by Gasteiger charge is -2.32. The van der Waals surface area contributed by atoms with Gasteiger partial charge < -0.3 is 9.31 Å². The summed E-state index contributed by atoms with van der Waals surface area (Å²) in [5.74, 6) is 0. The van der Waals surface area contributed by atoms with E-state index in [1.807, 2.05) is 0 Å². The van der Waals surface area contributed by atoms with Crippen LogP contribution in [0.5, 0.6) is 0 Å². The van der Waals surface area contributed by atoms with E-state index in [2.05, 4.69) is 131 Å². The molecular formula is C32H29BO2. The summed E-state index contributed by atoms with van der Waals surface area (Å²) in [6, 6.07) is 37.1. The third kappa shape index (κ3) is 3.95. The maximum atomic E-state index is 6.20. The summed E-state index contributed by atoms with van der Waals surface area (Å²) in [6.45, 7) is 8.34. The van der Waals surface area contributed by atoms with Crippen LogP contribution in [0.1, 0.15) is 27.7 Å². The largest absolute Gasteiger partial charge is 0.494 e. The van der Waals surface area contributed by atoms with Crippen molar-refractivity contribution in [2.24, 2.45) is 0 Å². The van der Waals surface area contributed by atoms with E-state index in [-0.39, 0.29) is 18.3 Å². The number of fused-ring (bicyclic) bond motifs is 2. The molecule has 0 atom stereocenters. The zero-order valence-corrected chi connectivity index (χ0v) is 20.7. The van der Waals surface area contributed by atoms with E-state index in [0.717, 1.165) is 5.46 Å².